The summed E-state index contributed by atoms with van der Waals surface area (Å²) in [4.78, 5) is 14.9. The number of aliphatic carboxylic acids is 1. The highest BCUT2D eigenvalue weighted by atomic mass is 35.5. The number of hydrogen-bond donors (Lipinski definition) is 1. The minimum atomic E-state index is -1.02. The van der Waals surface area contributed by atoms with Crippen molar-refractivity contribution in [3.05, 3.63) is 35.5 Å². The van der Waals surface area contributed by atoms with Crippen LogP contribution in [0.4, 0.5) is 0 Å². The molecule has 0 spiro atoms. The molecule has 1 aromatic heterocycles. The predicted molar refractivity (Wildman–Crippen MR) is 64.5 cm³/mol. The lowest BCUT2D eigenvalue weighted by atomic mass is 10.2. The van der Waals surface area contributed by atoms with Crippen molar-refractivity contribution in [1.82, 2.24) is 4.98 Å². The molecule has 0 saturated heterocycles. The molecule has 0 unspecified atom stereocenters. The Morgan fingerprint density at radius 1 is 1.47 bits per heavy atom. The molecule has 2 aromatic rings. The van der Waals surface area contributed by atoms with E-state index in [0.29, 0.717) is 16.3 Å². The lowest BCUT2D eigenvalue weighted by Gasteiger charge is -2.12. The third-order valence-electron chi connectivity index (χ3n) is 2.33. The molecule has 0 radical (unpaired) electrons. The van der Waals surface area contributed by atoms with Gasteiger partial charge >= 0.3 is 5.97 Å². The maximum atomic E-state index is 10.7. The molecule has 17 heavy (non-hydrogen) atoms. The summed E-state index contributed by atoms with van der Waals surface area (Å²) < 4.78 is 5.32. The number of pyridine rings is 1. The van der Waals surface area contributed by atoms with Gasteiger partial charge in [0.1, 0.15) is 11.3 Å². The molecule has 2 rings (SSSR count). The van der Waals surface area contributed by atoms with E-state index in [2.05, 4.69) is 4.98 Å². The molecule has 0 aliphatic rings. The molecular formula is C12H10ClNO3. The quantitative estimate of drug-likeness (QED) is 0.911. The van der Waals surface area contributed by atoms with E-state index in [0.717, 1.165) is 5.39 Å². The van der Waals surface area contributed by atoms with Crippen LogP contribution in [0.2, 0.25) is 5.02 Å². The summed E-state index contributed by atoms with van der Waals surface area (Å²) in [7, 11) is 0. The first-order chi connectivity index (χ1) is 8.09. The summed E-state index contributed by atoms with van der Waals surface area (Å²) in [5, 5.41) is 10.1. The molecule has 1 atom stereocenters. The Bertz CT molecular complexity index is 571. The van der Waals surface area contributed by atoms with Crippen LogP contribution >= 0.6 is 11.6 Å². The number of carbonyl (C=O) groups is 1. The Kier molecular flexibility index (Phi) is 3.15. The Morgan fingerprint density at radius 3 is 2.94 bits per heavy atom. The third-order valence-corrected chi connectivity index (χ3v) is 2.66. The van der Waals surface area contributed by atoms with Crippen molar-refractivity contribution in [3.63, 3.8) is 0 Å². The van der Waals surface area contributed by atoms with Gasteiger partial charge in [-0.05, 0) is 31.2 Å². The maximum absolute atomic E-state index is 10.7. The van der Waals surface area contributed by atoms with E-state index >= 15 is 0 Å². The van der Waals surface area contributed by atoms with E-state index in [-0.39, 0.29) is 0 Å². The highest BCUT2D eigenvalue weighted by molar-refractivity contribution is 6.35. The van der Waals surface area contributed by atoms with E-state index in [9.17, 15) is 4.79 Å². The molecule has 0 aliphatic heterocycles. The van der Waals surface area contributed by atoms with Crippen molar-refractivity contribution in [3.8, 4) is 5.75 Å². The second-order valence-corrected chi connectivity index (χ2v) is 3.95. The highest BCUT2D eigenvalue weighted by Gasteiger charge is 2.15. The van der Waals surface area contributed by atoms with Gasteiger partial charge in [-0.1, -0.05) is 11.6 Å². The molecule has 1 heterocycles. The zero-order valence-electron chi connectivity index (χ0n) is 9.05. The summed E-state index contributed by atoms with van der Waals surface area (Å²) in [6.45, 7) is 1.46. The number of fused-ring (bicyclic) bond motifs is 1. The minimum Gasteiger partial charge on any atom is -0.479 e. The average molecular weight is 252 g/mol. The number of benzene rings is 1. The van der Waals surface area contributed by atoms with Crippen molar-refractivity contribution in [2.24, 2.45) is 0 Å². The van der Waals surface area contributed by atoms with Crippen molar-refractivity contribution >= 4 is 28.5 Å². The number of nitrogens with zero attached hydrogens (tertiary/aromatic N) is 1. The van der Waals surface area contributed by atoms with Gasteiger partial charge in [0.2, 0.25) is 0 Å². The van der Waals surface area contributed by atoms with Crippen LogP contribution in [-0.4, -0.2) is 22.2 Å². The average Bonchev–Trinajstić information content (AvgIpc) is 2.33. The maximum Gasteiger partial charge on any atom is 0.344 e. The van der Waals surface area contributed by atoms with Crippen molar-refractivity contribution in [2.75, 3.05) is 0 Å². The van der Waals surface area contributed by atoms with Gasteiger partial charge in [-0.2, -0.15) is 0 Å². The monoisotopic (exact) mass is 251 g/mol. The molecule has 0 fully saturated rings. The molecule has 0 amide bonds. The number of carboxylic acid groups (broad SMARTS) is 1. The van der Waals surface area contributed by atoms with Gasteiger partial charge in [0.25, 0.3) is 0 Å². The molecule has 0 bridgehead atoms. The van der Waals surface area contributed by atoms with E-state index in [1.165, 1.54) is 6.92 Å². The topological polar surface area (TPSA) is 59.4 Å². The summed E-state index contributed by atoms with van der Waals surface area (Å²) in [6, 6.07) is 6.86. The summed E-state index contributed by atoms with van der Waals surface area (Å²) in [5.74, 6) is -0.607. The number of rotatable bonds is 3. The van der Waals surface area contributed by atoms with Crippen LogP contribution in [0.25, 0.3) is 10.9 Å². The van der Waals surface area contributed by atoms with E-state index < -0.39 is 12.1 Å². The van der Waals surface area contributed by atoms with E-state index in [4.69, 9.17) is 21.4 Å². The molecule has 0 aliphatic carbocycles. The second kappa shape index (κ2) is 4.59. The normalized spacial score (nSPS) is 12.4. The van der Waals surface area contributed by atoms with Gasteiger partial charge in [-0.25, -0.2) is 4.79 Å². The Balaban J connectivity index is 2.48. The van der Waals surface area contributed by atoms with E-state index in [1.807, 2.05) is 6.07 Å². The Labute approximate surface area is 103 Å². The molecule has 1 N–H and O–H groups in total. The first kappa shape index (κ1) is 11.7. The fraction of sp³-hybridized carbons (Fsp3) is 0.167. The van der Waals surface area contributed by atoms with Crippen molar-refractivity contribution in [2.45, 2.75) is 13.0 Å². The van der Waals surface area contributed by atoms with Gasteiger partial charge in [0.05, 0.1) is 5.02 Å². The molecule has 88 valence electrons. The largest absolute Gasteiger partial charge is 0.479 e. The van der Waals surface area contributed by atoms with Crippen molar-refractivity contribution in [1.29, 1.82) is 0 Å². The van der Waals surface area contributed by atoms with Crippen LogP contribution < -0.4 is 4.74 Å². The van der Waals surface area contributed by atoms with Gasteiger partial charge in [0, 0.05) is 11.6 Å². The summed E-state index contributed by atoms with van der Waals surface area (Å²) >= 11 is 6.02. The number of ether oxygens (including phenoxy) is 1. The van der Waals surface area contributed by atoms with Crippen LogP contribution in [0.1, 0.15) is 6.92 Å². The van der Waals surface area contributed by atoms with Gasteiger partial charge in [0.15, 0.2) is 6.10 Å². The van der Waals surface area contributed by atoms with Crippen molar-refractivity contribution < 1.29 is 14.6 Å². The number of carboxylic acids is 1. The summed E-state index contributed by atoms with van der Waals surface area (Å²) in [5.41, 5.74) is 0.563. The number of halogens is 1. The predicted octanol–water partition coefficient (Wildman–Crippen LogP) is 2.74. The zero-order valence-corrected chi connectivity index (χ0v) is 9.81. The highest BCUT2D eigenvalue weighted by Crippen LogP contribution is 2.30. The first-order valence-corrected chi connectivity index (χ1v) is 5.40. The fourth-order valence-corrected chi connectivity index (χ4v) is 1.66. The Morgan fingerprint density at radius 2 is 2.24 bits per heavy atom. The number of aromatic nitrogens is 1. The van der Waals surface area contributed by atoms with Gasteiger partial charge in [-0.15, -0.1) is 0 Å². The molecule has 5 heteroatoms. The van der Waals surface area contributed by atoms with Gasteiger partial charge in [-0.3, -0.25) is 4.98 Å². The summed E-state index contributed by atoms with van der Waals surface area (Å²) in [6.07, 6.45) is 0.679. The van der Waals surface area contributed by atoms with Gasteiger partial charge < -0.3 is 9.84 Å². The molecule has 4 nitrogen and oxygen atoms in total. The zero-order chi connectivity index (χ0) is 12.4. The molecule has 0 saturated carbocycles. The number of hydrogen-bond acceptors (Lipinski definition) is 3. The fourth-order valence-electron chi connectivity index (χ4n) is 1.45. The first-order valence-electron chi connectivity index (χ1n) is 5.02. The van der Waals surface area contributed by atoms with E-state index in [1.54, 1.807) is 24.4 Å². The van der Waals surface area contributed by atoms with Crippen LogP contribution in [0.3, 0.4) is 0 Å². The molecular weight excluding hydrogens is 242 g/mol. The SMILES string of the molecule is C[C@H](Oc1ccc(Cl)c2cccnc12)C(=O)O. The minimum absolute atomic E-state index is 0.417. The second-order valence-electron chi connectivity index (χ2n) is 3.54. The third kappa shape index (κ3) is 2.31. The molecule has 1 aromatic carbocycles. The van der Waals surface area contributed by atoms with Crippen LogP contribution in [0.5, 0.6) is 5.75 Å². The standard InChI is InChI=1S/C12H10ClNO3/c1-7(12(15)16)17-10-5-4-9(13)8-3-2-6-14-11(8)10/h2-7H,1H3,(H,15,16)/t7-/m0/s1. The lowest BCUT2D eigenvalue weighted by molar-refractivity contribution is -0.144. The smallest absolute Gasteiger partial charge is 0.344 e. The van der Waals surface area contributed by atoms with Crippen LogP contribution in [0.15, 0.2) is 30.5 Å². The van der Waals surface area contributed by atoms with Crippen LogP contribution in [-0.2, 0) is 4.79 Å². The Hall–Kier alpha value is -1.81. The lowest BCUT2D eigenvalue weighted by Crippen LogP contribution is -2.23. The van der Waals surface area contributed by atoms with Crippen LogP contribution in [0, 0.1) is 0 Å².